The van der Waals surface area contributed by atoms with Gasteiger partial charge in [0.05, 0.1) is 17.2 Å². The van der Waals surface area contributed by atoms with E-state index in [9.17, 15) is 0 Å². The molecule has 80 valence electrons. The van der Waals surface area contributed by atoms with Crippen molar-refractivity contribution in [1.29, 1.82) is 0 Å². The maximum atomic E-state index is 4.47. The van der Waals surface area contributed by atoms with Gasteiger partial charge in [0.2, 0.25) is 0 Å². The lowest BCUT2D eigenvalue weighted by atomic mass is 10.4. The molecule has 4 nitrogen and oxygen atoms in total. The molecule has 0 amide bonds. The molecule has 0 atom stereocenters. The lowest BCUT2D eigenvalue weighted by Gasteiger charge is -1.98. The molecule has 2 heterocycles. The fourth-order valence-corrected chi connectivity index (χ4v) is 2.04. The predicted octanol–water partition coefficient (Wildman–Crippen LogP) is 1.72. The summed E-state index contributed by atoms with van der Waals surface area (Å²) in [5.74, 6) is 0.959. The molecule has 2 aromatic heterocycles. The van der Waals surface area contributed by atoms with Gasteiger partial charge in [-0.25, -0.2) is 9.97 Å². The highest BCUT2D eigenvalue weighted by atomic mass is 32.1. The Hall–Kier alpha value is -1.20. The first-order chi connectivity index (χ1) is 7.38. The molecule has 0 aliphatic carbocycles. The molecule has 2 aromatic rings. The zero-order valence-electron chi connectivity index (χ0n) is 8.66. The van der Waals surface area contributed by atoms with Crippen LogP contribution in [0.3, 0.4) is 0 Å². The van der Waals surface area contributed by atoms with E-state index in [2.05, 4.69) is 32.6 Å². The summed E-state index contributed by atoms with van der Waals surface area (Å²) < 4.78 is 0. The number of hydrogen-bond acceptors (Lipinski definition) is 4. The van der Waals surface area contributed by atoms with Gasteiger partial charge >= 0.3 is 0 Å². The van der Waals surface area contributed by atoms with Crippen molar-refractivity contribution in [3.8, 4) is 0 Å². The molecule has 2 rings (SSSR count). The third-order valence-electron chi connectivity index (χ3n) is 2.06. The van der Waals surface area contributed by atoms with Gasteiger partial charge in [-0.3, -0.25) is 0 Å². The number of hydrogen-bond donors (Lipinski definition) is 2. The first-order valence-electron chi connectivity index (χ1n) is 5.00. The standard InChI is InChI=1S/C10H14N4S/c1-2-10-14-8(7-15-10)5-11-6-9-12-3-4-13-9/h3-4,7,11H,2,5-6H2,1H3,(H,12,13). The lowest BCUT2D eigenvalue weighted by molar-refractivity contribution is 0.658. The van der Waals surface area contributed by atoms with Crippen molar-refractivity contribution >= 4 is 11.3 Å². The summed E-state index contributed by atoms with van der Waals surface area (Å²) in [6.07, 6.45) is 4.60. The zero-order chi connectivity index (χ0) is 10.5. The van der Waals surface area contributed by atoms with Gasteiger partial charge in [0.1, 0.15) is 5.82 Å². The predicted molar refractivity (Wildman–Crippen MR) is 60.6 cm³/mol. The Kier molecular flexibility index (Phi) is 3.47. The second-order valence-electron chi connectivity index (χ2n) is 3.23. The van der Waals surface area contributed by atoms with E-state index in [1.165, 1.54) is 5.01 Å². The summed E-state index contributed by atoms with van der Waals surface area (Å²) in [4.78, 5) is 11.7. The number of imidazole rings is 1. The van der Waals surface area contributed by atoms with Crippen LogP contribution in [0.5, 0.6) is 0 Å². The van der Waals surface area contributed by atoms with Gasteiger partial charge in [0.15, 0.2) is 0 Å². The minimum Gasteiger partial charge on any atom is -0.348 e. The summed E-state index contributed by atoms with van der Waals surface area (Å²) >= 11 is 1.72. The molecule has 0 spiro atoms. The van der Waals surface area contributed by atoms with Crippen LogP contribution in [-0.2, 0) is 19.5 Å². The van der Waals surface area contributed by atoms with E-state index >= 15 is 0 Å². The first kappa shape index (κ1) is 10.3. The van der Waals surface area contributed by atoms with Crippen molar-refractivity contribution in [2.75, 3.05) is 0 Å². The molecular formula is C10H14N4S. The Labute approximate surface area is 92.8 Å². The highest BCUT2D eigenvalue weighted by Gasteiger charge is 2.00. The Morgan fingerprint density at radius 3 is 3.07 bits per heavy atom. The molecular weight excluding hydrogens is 208 g/mol. The number of nitrogens with zero attached hydrogens (tertiary/aromatic N) is 2. The molecule has 0 fully saturated rings. The van der Waals surface area contributed by atoms with Crippen LogP contribution < -0.4 is 5.32 Å². The van der Waals surface area contributed by atoms with Crippen LogP contribution in [0.2, 0.25) is 0 Å². The van der Waals surface area contributed by atoms with Crippen LogP contribution in [-0.4, -0.2) is 15.0 Å². The van der Waals surface area contributed by atoms with Crippen molar-refractivity contribution < 1.29 is 0 Å². The van der Waals surface area contributed by atoms with E-state index in [4.69, 9.17) is 0 Å². The maximum absolute atomic E-state index is 4.47. The van der Waals surface area contributed by atoms with Gasteiger partial charge in [-0.15, -0.1) is 11.3 Å². The second kappa shape index (κ2) is 5.04. The van der Waals surface area contributed by atoms with Gasteiger partial charge in [0.25, 0.3) is 0 Å². The lowest BCUT2D eigenvalue weighted by Crippen LogP contribution is -2.13. The molecule has 5 heteroatoms. The summed E-state index contributed by atoms with van der Waals surface area (Å²) in [5.41, 5.74) is 1.11. The molecule has 0 aliphatic heterocycles. The Morgan fingerprint density at radius 1 is 1.47 bits per heavy atom. The van der Waals surface area contributed by atoms with E-state index < -0.39 is 0 Å². The number of rotatable bonds is 5. The summed E-state index contributed by atoms with van der Waals surface area (Å²) in [5, 5.41) is 6.60. The number of thiazole rings is 1. The van der Waals surface area contributed by atoms with Crippen molar-refractivity contribution in [1.82, 2.24) is 20.3 Å². The van der Waals surface area contributed by atoms with Gasteiger partial charge < -0.3 is 10.3 Å². The fourth-order valence-electron chi connectivity index (χ4n) is 1.30. The number of nitrogens with one attached hydrogen (secondary N) is 2. The van der Waals surface area contributed by atoms with Crippen LogP contribution in [0.15, 0.2) is 17.8 Å². The fraction of sp³-hybridized carbons (Fsp3) is 0.400. The molecule has 0 radical (unpaired) electrons. The third-order valence-corrected chi connectivity index (χ3v) is 3.10. The quantitative estimate of drug-likeness (QED) is 0.810. The first-order valence-corrected chi connectivity index (χ1v) is 5.88. The largest absolute Gasteiger partial charge is 0.348 e. The zero-order valence-corrected chi connectivity index (χ0v) is 9.47. The summed E-state index contributed by atoms with van der Waals surface area (Å²) in [6, 6.07) is 0. The van der Waals surface area contributed by atoms with Crippen molar-refractivity contribution in [2.24, 2.45) is 0 Å². The van der Waals surface area contributed by atoms with Crippen molar-refractivity contribution in [3.63, 3.8) is 0 Å². The summed E-state index contributed by atoms with van der Waals surface area (Å²) in [6.45, 7) is 3.68. The average molecular weight is 222 g/mol. The number of aryl methyl sites for hydroxylation is 1. The molecule has 0 saturated heterocycles. The van der Waals surface area contributed by atoms with Crippen LogP contribution >= 0.6 is 11.3 Å². The van der Waals surface area contributed by atoms with Gasteiger partial charge in [-0.2, -0.15) is 0 Å². The van der Waals surface area contributed by atoms with E-state index in [1.807, 2.05) is 6.20 Å². The Bertz CT molecular complexity index is 393. The van der Waals surface area contributed by atoms with Gasteiger partial charge in [-0.1, -0.05) is 6.92 Å². The van der Waals surface area contributed by atoms with Crippen LogP contribution in [0.1, 0.15) is 23.4 Å². The Morgan fingerprint density at radius 2 is 2.40 bits per heavy atom. The molecule has 0 unspecified atom stereocenters. The maximum Gasteiger partial charge on any atom is 0.120 e. The minimum absolute atomic E-state index is 0.756. The molecule has 0 saturated carbocycles. The number of aromatic nitrogens is 3. The molecule has 0 bridgehead atoms. The smallest absolute Gasteiger partial charge is 0.120 e. The van der Waals surface area contributed by atoms with Crippen LogP contribution in [0.4, 0.5) is 0 Å². The average Bonchev–Trinajstić information content (AvgIpc) is 2.88. The van der Waals surface area contributed by atoms with Crippen molar-refractivity contribution in [2.45, 2.75) is 26.4 Å². The summed E-state index contributed by atoms with van der Waals surface area (Å²) in [7, 11) is 0. The number of aromatic amines is 1. The van der Waals surface area contributed by atoms with Gasteiger partial charge in [0, 0.05) is 24.3 Å². The normalized spacial score (nSPS) is 10.7. The minimum atomic E-state index is 0.756. The molecule has 2 N–H and O–H groups in total. The highest BCUT2D eigenvalue weighted by molar-refractivity contribution is 7.09. The molecule has 0 aliphatic rings. The van der Waals surface area contributed by atoms with Crippen LogP contribution in [0.25, 0.3) is 0 Å². The SMILES string of the molecule is CCc1nc(CNCc2ncc[nH]2)cs1. The molecule has 0 aromatic carbocycles. The molecule has 15 heavy (non-hydrogen) atoms. The van der Waals surface area contributed by atoms with Gasteiger partial charge in [-0.05, 0) is 6.42 Å². The monoisotopic (exact) mass is 222 g/mol. The van der Waals surface area contributed by atoms with E-state index in [0.29, 0.717) is 0 Å². The van der Waals surface area contributed by atoms with E-state index in [-0.39, 0.29) is 0 Å². The van der Waals surface area contributed by atoms with Crippen LogP contribution in [0, 0.1) is 0 Å². The topological polar surface area (TPSA) is 53.6 Å². The highest BCUT2D eigenvalue weighted by Crippen LogP contribution is 2.09. The second-order valence-corrected chi connectivity index (χ2v) is 4.17. The van der Waals surface area contributed by atoms with Crippen molar-refractivity contribution in [3.05, 3.63) is 34.3 Å². The third kappa shape index (κ3) is 2.87. The van der Waals surface area contributed by atoms with E-state index in [1.54, 1.807) is 17.5 Å². The number of H-pyrrole nitrogens is 1. The van der Waals surface area contributed by atoms with E-state index in [0.717, 1.165) is 31.0 Å². The Balaban J connectivity index is 1.78.